The maximum atomic E-state index is 6.08. The van der Waals surface area contributed by atoms with Gasteiger partial charge in [0.05, 0.1) is 0 Å². The van der Waals surface area contributed by atoms with E-state index in [1.54, 1.807) is 0 Å². The van der Waals surface area contributed by atoms with Crippen LogP contribution in [-0.4, -0.2) is 63.2 Å². The number of rotatable bonds is 5. The van der Waals surface area contributed by atoms with Crippen molar-refractivity contribution in [1.82, 2.24) is 15.5 Å². The van der Waals surface area contributed by atoms with Crippen molar-refractivity contribution in [3.05, 3.63) is 29.3 Å². The summed E-state index contributed by atoms with van der Waals surface area (Å²) in [7, 11) is 0. The molecule has 1 saturated heterocycles. The maximum Gasteiger partial charge on any atom is 0.191 e. The molecule has 2 N–H and O–H groups in total. The summed E-state index contributed by atoms with van der Waals surface area (Å²) in [5.41, 5.74) is 1.24. The molecule has 2 aliphatic rings. The van der Waals surface area contributed by atoms with Gasteiger partial charge in [-0.3, -0.25) is 9.89 Å². The molecule has 7 heteroatoms. The molecule has 2 aliphatic heterocycles. The summed E-state index contributed by atoms with van der Waals surface area (Å²) < 4.78 is 0. The highest BCUT2D eigenvalue weighted by atomic mass is 127. The fourth-order valence-electron chi connectivity index (χ4n) is 3.06. The molecule has 1 aromatic rings. The molecule has 0 amide bonds. The normalized spacial score (nSPS) is 18.4. The molecule has 24 heavy (non-hydrogen) atoms. The number of nitrogens with zero attached hydrogens (tertiary/aromatic N) is 3. The lowest BCUT2D eigenvalue weighted by molar-refractivity contribution is 0.255. The topological polar surface area (TPSA) is 42.9 Å². The standard InChI is InChI=1S/C17H26ClN5.HI/c18-15-4-1-5-16(14-15)23-12-10-22(11-13-23)9-3-8-21-17-19-6-2-7-20-17;/h1,4-5,14H,2-3,6-13H2,(H2,19,20,21);1H. The number of hydrogen-bond acceptors (Lipinski definition) is 5. The Labute approximate surface area is 166 Å². The maximum absolute atomic E-state index is 6.08. The highest BCUT2D eigenvalue weighted by Gasteiger charge is 2.16. The van der Waals surface area contributed by atoms with Gasteiger partial charge in [0.25, 0.3) is 0 Å². The van der Waals surface area contributed by atoms with Crippen LogP contribution >= 0.6 is 35.6 Å². The molecule has 0 radical (unpaired) electrons. The van der Waals surface area contributed by atoms with Crippen LogP contribution in [0.15, 0.2) is 29.3 Å². The number of piperazine rings is 1. The Kier molecular flexibility index (Phi) is 8.41. The van der Waals surface area contributed by atoms with Crippen molar-refractivity contribution < 1.29 is 0 Å². The van der Waals surface area contributed by atoms with Gasteiger partial charge in [0.15, 0.2) is 5.96 Å². The minimum absolute atomic E-state index is 0. The van der Waals surface area contributed by atoms with E-state index < -0.39 is 0 Å². The summed E-state index contributed by atoms with van der Waals surface area (Å²) in [6, 6.07) is 8.15. The number of halogens is 2. The SMILES string of the molecule is Clc1cccc(N2CCN(CCCNC3=NCCCN3)CC2)c1.I. The number of anilines is 1. The van der Waals surface area contributed by atoms with Gasteiger partial charge < -0.3 is 15.5 Å². The van der Waals surface area contributed by atoms with E-state index in [0.29, 0.717) is 0 Å². The van der Waals surface area contributed by atoms with E-state index in [-0.39, 0.29) is 24.0 Å². The van der Waals surface area contributed by atoms with Crippen LogP contribution < -0.4 is 15.5 Å². The highest BCUT2D eigenvalue weighted by molar-refractivity contribution is 14.0. The Balaban J connectivity index is 0.00000208. The Hall–Kier alpha value is -0.730. The minimum atomic E-state index is 0. The van der Waals surface area contributed by atoms with Crippen LogP contribution in [-0.2, 0) is 0 Å². The van der Waals surface area contributed by atoms with Gasteiger partial charge in [0, 0.05) is 56.5 Å². The Morgan fingerprint density at radius 3 is 2.75 bits per heavy atom. The largest absolute Gasteiger partial charge is 0.369 e. The minimum Gasteiger partial charge on any atom is -0.369 e. The second-order valence-electron chi connectivity index (χ2n) is 6.10. The third-order valence-corrected chi connectivity index (χ3v) is 4.62. The fraction of sp³-hybridized carbons (Fsp3) is 0.588. The number of hydrogen-bond donors (Lipinski definition) is 2. The number of benzene rings is 1. The number of aliphatic imine (C=N–C) groups is 1. The van der Waals surface area contributed by atoms with Crippen molar-refractivity contribution >= 4 is 47.2 Å². The Bertz CT molecular complexity index is 531. The van der Waals surface area contributed by atoms with Crippen molar-refractivity contribution in [3.8, 4) is 0 Å². The summed E-state index contributed by atoms with van der Waals surface area (Å²) in [5.74, 6) is 0.974. The van der Waals surface area contributed by atoms with E-state index in [1.165, 1.54) is 5.69 Å². The molecule has 0 unspecified atom stereocenters. The Morgan fingerprint density at radius 1 is 1.21 bits per heavy atom. The van der Waals surface area contributed by atoms with Crippen molar-refractivity contribution in [2.75, 3.05) is 57.3 Å². The van der Waals surface area contributed by atoms with Crippen molar-refractivity contribution in [3.63, 3.8) is 0 Å². The summed E-state index contributed by atoms with van der Waals surface area (Å²) in [6.07, 6.45) is 2.29. The molecule has 1 aromatic carbocycles. The number of guanidine groups is 1. The third-order valence-electron chi connectivity index (χ3n) is 4.39. The van der Waals surface area contributed by atoms with Gasteiger partial charge in [-0.05, 0) is 37.6 Å². The summed E-state index contributed by atoms with van der Waals surface area (Å²) in [5, 5.41) is 7.50. The molecule has 0 aromatic heterocycles. The van der Waals surface area contributed by atoms with Crippen LogP contribution in [0.1, 0.15) is 12.8 Å². The molecular weight excluding hydrogens is 437 g/mol. The predicted molar refractivity (Wildman–Crippen MR) is 113 cm³/mol. The van der Waals surface area contributed by atoms with E-state index >= 15 is 0 Å². The second kappa shape index (κ2) is 10.3. The second-order valence-corrected chi connectivity index (χ2v) is 6.54. The van der Waals surface area contributed by atoms with Crippen molar-refractivity contribution in [2.45, 2.75) is 12.8 Å². The van der Waals surface area contributed by atoms with Gasteiger partial charge in [0.1, 0.15) is 0 Å². The van der Waals surface area contributed by atoms with E-state index in [2.05, 4.69) is 37.6 Å². The van der Waals surface area contributed by atoms with Gasteiger partial charge in [-0.2, -0.15) is 0 Å². The van der Waals surface area contributed by atoms with Gasteiger partial charge >= 0.3 is 0 Å². The van der Waals surface area contributed by atoms with Gasteiger partial charge in [-0.15, -0.1) is 24.0 Å². The first-order chi connectivity index (χ1) is 11.3. The lowest BCUT2D eigenvalue weighted by Crippen LogP contribution is -2.47. The van der Waals surface area contributed by atoms with Gasteiger partial charge in [-0.1, -0.05) is 17.7 Å². The van der Waals surface area contributed by atoms with Crippen LogP contribution in [0.3, 0.4) is 0 Å². The third kappa shape index (κ3) is 5.97. The first kappa shape index (κ1) is 19.6. The van der Waals surface area contributed by atoms with Crippen LogP contribution in [0.4, 0.5) is 5.69 Å². The van der Waals surface area contributed by atoms with Crippen LogP contribution in [0.5, 0.6) is 0 Å². The number of nitrogens with one attached hydrogen (secondary N) is 2. The van der Waals surface area contributed by atoms with E-state index in [4.69, 9.17) is 11.6 Å². The lowest BCUT2D eigenvalue weighted by atomic mass is 10.2. The molecule has 0 saturated carbocycles. The zero-order valence-electron chi connectivity index (χ0n) is 14.0. The molecule has 2 heterocycles. The summed E-state index contributed by atoms with van der Waals surface area (Å²) in [4.78, 5) is 9.39. The average Bonchev–Trinajstić information content (AvgIpc) is 2.60. The molecule has 1 fully saturated rings. The quantitative estimate of drug-likeness (QED) is 0.520. The van der Waals surface area contributed by atoms with Crippen LogP contribution in [0, 0.1) is 0 Å². The molecule has 0 spiro atoms. The highest BCUT2D eigenvalue weighted by Crippen LogP contribution is 2.20. The summed E-state index contributed by atoms with van der Waals surface area (Å²) in [6.45, 7) is 8.49. The Morgan fingerprint density at radius 2 is 2.04 bits per heavy atom. The van der Waals surface area contributed by atoms with Gasteiger partial charge in [0.2, 0.25) is 0 Å². The van der Waals surface area contributed by atoms with E-state index in [9.17, 15) is 0 Å². The zero-order valence-corrected chi connectivity index (χ0v) is 17.1. The average molecular weight is 464 g/mol. The van der Waals surface area contributed by atoms with E-state index in [1.807, 2.05) is 12.1 Å². The fourth-order valence-corrected chi connectivity index (χ4v) is 3.25. The summed E-state index contributed by atoms with van der Waals surface area (Å²) >= 11 is 6.08. The molecule has 134 valence electrons. The zero-order chi connectivity index (χ0) is 15.9. The first-order valence-electron chi connectivity index (χ1n) is 8.56. The van der Waals surface area contributed by atoms with Crippen LogP contribution in [0.25, 0.3) is 0 Å². The molecular formula is C17H27ClIN5. The lowest BCUT2D eigenvalue weighted by Gasteiger charge is -2.36. The van der Waals surface area contributed by atoms with Crippen molar-refractivity contribution in [2.24, 2.45) is 4.99 Å². The predicted octanol–water partition coefficient (Wildman–Crippen LogP) is 2.41. The first-order valence-corrected chi connectivity index (χ1v) is 8.94. The van der Waals surface area contributed by atoms with Crippen LogP contribution in [0.2, 0.25) is 5.02 Å². The molecule has 0 aliphatic carbocycles. The van der Waals surface area contributed by atoms with Gasteiger partial charge in [-0.25, -0.2) is 0 Å². The molecule has 0 atom stereocenters. The molecule has 5 nitrogen and oxygen atoms in total. The smallest absolute Gasteiger partial charge is 0.191 e. The molecule has 3 rings (SSSR count). The monoisotopic (exact) mass is 463 g/mol. The molecule has 0 bridgehead atoms. The van der Waals surface area contributed by atoms with Crippen molar-refractivity contribution in [1.29, 1.82) is 0 Å². The van der Waals surface area contributed by atoms with E-state index in [0.717, 1.165) is 76.2 Å².